The monoisotopic (exact) mass is 438 g/mol. The Morgan fingerprint density at radius 1 is 1.27 bits per heavy atom. The molecule has 0 unspecified atom stereocenters. The van der Waals surface area contributed by atoms with Crippen molar-refractivity contribution < 1.29 is 4.79 Å². The van der Waals surface area contributed by atoms with Crippen LogP contribution in [-0.2, 0) is 4.79 Å². The number of rotatable bonds is 3. The zero-order valence-electron chi connectivity index (χ0n) is 18.6. The number of nitrogens with zero attached hydrogens (tertiary/aromatic N) is 4. The van der Waals surface area contributed by atoms with Gasteiger partial charge in [0.25, 0.3) is 0 Å². The number of aromatic nitrogens is 3. The Labute approximate surface area is 192 Å². The topological polar surface area (TPSA) is 118 Å². The van der Waals surface area contributed by atoms with E-state index in [9.17, 15) is 4.79 Å². The van der Waals surface area contributed by atoms with E-state index < -0.39 is 0 Å². The van der Waals surface area contributed by atoms with E-state index in [1.165, 1.54) is 5.57 Å². The summed E-state index contributed by atoms with van der Waals surface area (Å²) in [5, 5.41) is 13.5. The van der Waals surface area contributed by atoms with Gasteiger partial charge in [0.1, 0.15) is 11.6 Å². The number of pyridine rings is 3. The lowest BCUT2D eigenvalue weighted by molar-refractivity contribution is -0.112. The van der Waals surface area contributed by atoms with E-state index in [1.807, 2.05) is 25.1 Å². The normalized spacial score (nSPS) is 21.9. The SMILES string of the molecule is Cc1ccncc1-c1cc2cc(NC(=O)C=C3CCC4(CC3)CC(C#N)C4)ncc2c(N)n1. The number of aryl methyl sites for hydroxylation is 1. The number of allylic oxidation sites excluding steroid dienone is 1. The molecule has 0 atom stereocenters. The lowest BCUT2D eigenvalue weighted by Gasteiger charge is -2.48. The van der Waals surface area contributed by atoms with Crippen LogP contribution in [0, 0.1) is 29.6 Å². The van der Waals surface area contributed by atoms with E-state index in [-0.39, 0.29) is 11.8 Å². The summed E-state index contributed by atoms with van der Waals surface area (Å²) in [6, 6.07) is 8.08. The summed E-state index contributed by atoms with van der Waals surface area (Å²) in [4.78, 5) is 25.7. The second-order valence-electron chi connectivity index (χ2n) is 9.40. The number of amides is 1. The lowest BCUT2D eigenvalue weighted by atomic mass is 9.55. The molecule has 0 aliphatic heterocycles. The standard InChI is InChI=1S/C26H26N6O/c1-16-4-7-29-14-20(16)22-9-19-10-23(30-15-21(19)25(28)31-22)32-24(33)8-17-2-5-26(6-3-17)11-18(12-26)13-27/h4,7-10,14-15,18H,2-3,5-6,11-12H2,1H3,(H2,28,31)(H,30,32,33). The number of nitrogens with two attached hydrogens (primary N) is 1. The van der Waals surface area contributed by atoms with Gasteiger partial charge in [0.2, 0.25) is 5.91 Å². The first-order valence-electron chi connectivity index (χ1n) is 11.3. The molecule has 7 nitrogen and oxygen atoms in total. The molecule has 2 saturated carbocycles. The van der Waals surface area contributed by atoms with Crippen molar-refractivity contribution in [2.75, 3.05) is 11.1 Å². The van der Waals surface area contributed by atoms with Crippen LogP contribution in [0.3, 0.4) is 0 Å². The molecule has 5 rings (SSSR count). The highest BCUT2D eigenvalue weighted by atomic mass is 16.1. The second kappa shape index (κ2) is 8.28. The molecule has 0 bridgehead atoms. The highest BCUT2D eigenvalue weighted by molar-refractivity contribution is 6.01. The number of carbonyl (C=O) groups is 1. The third-order valence-corrected chi connectivity index (χ3v) is 7.14. The fraction of sp³-hybridized carbons (Fsp3) is 0.346. The van der Waals surface area contributed by atoms with Gasteiger partial charge in [-0.05, 0) is 80.0 Å². The lowest BCUT2D eigenvalue weighted by Crippen LogP contribution is -2.38. The number of hydrogen-bond donors (Lipinski definition) is 2. The van der Waals surface area contributed by atoms with Gasteiger partial charge in [-0.25, -0.2) is 9.97 Å². The van der Waals surface area contributed by atoms with Crippen LogP contribution in [-0.4, -0.2) is 20.9 Å². The second-order valence-corrected chi connectivity index (χ2v) is 9.40. The van der Waals surface area contributed by atoms with Gasteiger partial charge in [-0.1, -0.05) is 5.57 Å². The summed E-state index contributed by atoms with van der Waals surface area (Å²) in [6.45, 7) is 2.00. The van der Waals surface area contributed by atoms with Crippen LogP contribution in [0.25, 0.3) is 22.0 Å². The molecule has 2 fully saturated rings. The Kier molecular flexibility index (Phi) is 5.29. The summed E-state index contributed by atoms with van der Waals surface area (Å²) >= 11 is 0. The van der Waals surface area contributed by atoms with Gasteiger partial charge in [0, 0.05) is 41.5 Å². The molecule has 0 saturated heterocycles. The van der Waals surface area contributed by atoms with Crippen LogP contribution >= 0.6 is 0 Å². The first-order valence-corrected chi connectivity index (χ1v) is 11.3. The Hall–Kier alpha value is -3.79. The van der Waals surface area contributed by atoms with E-state index in [1.54, 1.807) is 24.7 Å². The molecule has 3 heterocycles. The predicted molar refractivity (Wildman–Crippen MR) is 128 cm³/mol. The molecule has 166 valence electrons. The van der Waals surface area contributed by atoms with E-state index in [0.717, 1.165) is 66.1 Å². The van der Waals surface area contributed by atoms with Crippen LogP contribution < -0.4 is 11.1 Å². The average Bonchev–Trinajstić information content (AvgIpc) is 2.78. The van der Waals surface area contributed by atoms with Crippen molar-refractivity contribution in [3.8, 4) is 17.3 Å². The van der Waals surface area contributed by atoms with Crippen LogP contribution in [0.15, 0.2) is 48.4 Å². The molecule has 3 aromatic heterocycles. The molecule has 2 aliphatic rings. The number of fused-ring (bicyclic) bond motifs is 1. The molecule has 1 amide bonds. The van der Waals surface area contributed by atoms with E-state index in [4.69, 9.17) is 11.0 Å². The summed E-state index contributed by atoms with van der Waals surface area (Å²) in [6.07, 6.45) is 12.9. The van der Waals surface area contributed by atoms with E-state index >= 15 is 0 Å². The minimum Gasteiger partial charge on any atom is -0.383 e. The Morgan fingerprint density at radius 3 is 2.79 bits per heavy atom. The highest BCUT2D eigenvalue weighted by Gasteiger charge is 2.45. The van der Waals surface area contributed by atoms with Gasteiger partial charge in [0.15, 0.2) is 0 Å². The Balaban J connectivity index is 1.31. The minimum absolute atomic E-state index is 0.165. The quantitative estimate of drug-likeness (QED) is 0.559. The molecule has 33 heavy (non-hydrogen) atoms. The Bertz CT molecular complexity index is 1300. The van der Waals surface area contributed by atoms with Gasteiger partial charge in [-0.2, -0.15) is 5.26 Å². The summed E-state index contributed by atoms with van der Waals surface area (Å²) in [5.41, 5.74) is 10.4. The predicted octanol–water partition coefficient (Wildman–Crippen LogP) is 4.94. The average molecular weight is 439 g/mol. The molecule has 7 heteroatoms. The Morgan fingerprint density at radius 2 is 2.06 bits per heavy atom. The first-order chi connectivity index (χ1) is 15.9. The molecule has 1 spiro atoms. The molecular formula is C26H26N6O. The van der Waals surface area contributed by atoms with Crippen LogP contribution in [0.2, 0.25) is 0 Å². The maximum Gasteiger partial charge on any atom is 0.249 e. The number of nitrogen functional groups attached to an aromatic ring is 1. The van der Waals surface area contributed by atoms with Gasteiger partial charge >= 0.3 is 0 Å². The zero-order chi connectivity index (χ0) is 23.0. The van der Waals surface area contributed by atoms with Crippen LogP contribution in [0.1, 0.15) is 44.1 Å². The smallest absolute Gasteiger partial charge is 0.249 e. The fourth-order valence-corrected chi connectivity index (χ4v) is 5.19. The van der Waals surface area contributed by atoms with E-state index in [0.29, 0.717) is 17.1 Å². The number of hydrogen-bond acceptors (Lipinski definition) is 6. The third-order valence-electron chi connectivity index (χ3n) is 7.14. The van der Waals surface area contributed by atoms with Crippen molar-refractivity contribution in [1.29, 1.82) is 5.26 Å². The molecule has 3 N–H and O–H groups in total. The number of nitrogens with one attached hydrogen (secondary N) is 1. The maximum absolute atomic E-state index is 12.6. The molecule has 3 aromatic rings. The first kappa shape index (κ1) is 21.1. The largest absolute Gasteiger partial charge is 0.383 e. The van der Waals surface area contributed by atoms with Crippen molar-refractivity contribution in [2.24, 2.45) is 11.3 Å². The summed E-state index contributed by atoms with van der Waals surface area (Å²) in [5.74, 6) is 0.933. The van der Waals surface area contributed by atoms with Crippen molar-refractivity contribution in [3.63, 3.8) is 0 Å². The number of carbonyl (C=O) groups excluding carboxylic acids is 1. The molecule has 2 aliphatic carbocycles. The van der Waals surface area contributed by atoms with E-state index in [2.05, 4.69) is 26.3 Å². The summed E-state index contributed by atoms with van der Waals surface area (Å²) < 4.78 is 0. The van der Waals surface area contributed by atoms with Gasteiger partial charge in [-0.15, -0.1) is 0 Å². The number of nitriles is 1. The highest BCUT2D eigenvalue weighted by Crippen LogP contribution is 2.55. The van der Waals surface area contributed by atoms with Crippen molar-refractivity contribution in [2.45, 2.75) is 45.4 Å². The summed E-state index contributed by atoms with van der Waals surface area (Å²) in [7, 11) is 0. The van der Waals surface area contributed by atoms with Crippen molar-refractivity contribution in [3.05, 3.63) is 54.0 Å². The molecular weight excluding hydrogens is 412 g/mol. The van der Waals surface area contributed by atoms with Crippen LogP contribution in [0.5, 0.6) is 0 Å². The molecule has 0 radical (unpaired) electrons. The van der Waals surface area contributed by atoms with Gasteiger partial charge < -0.3 is 11.1 Å². The van der Waals surface area contributed by atoms with Crippen molar-refractivity contribution in [1.82, 2.24) is 15.0 Å². The van der Waals surface area contributed by atoms with Gasteiger partial charge in [-0.3, -0.25) is 9.78 Å². The zero-order valence-corrected chi connectivity index (χ0v) is 18.6. The van der Waals surface area contributed by atoms with Crippen LogP contribution in [0.4, 0.5) is 11.6 Å². The maximum atomic E-state index is 12.6. The van der Waals surface area contributed by atoms with Crippen molar-refractivity contribution >= 4 is 28.3 Å². The minimum atomic E-state index is -0.165. The fourth-order valence-electron chi connectivity index (χ4n) is 5.19. The number of anilines is 2. The molecule has 0 aromatic carbocycles. The third kappa shape index (κ3) is 4.17. The van der Waals surface area contributed by atoms with Gasteiger partial charge in [0.05, 0.1) is 11.8 Å².